The van der Waals surface area contributed by atoms with Crippen LogP contribution in [0.1, 0.15) is 46.3 Å². The molecule has 4 atom stereocenters. The molecule has 0 aliphatic rings. The summed E-state index contributed by atoms with van der Waals surface area (Å²) in [6.45, 7) is 5.20. The van der Waals surface area contributed by atoms with E-state index in [-0.39, 0.29) is 0 Å². The van der Waals surface area contributed by atoms with Gasteiger partial charge in [0.2, 0.25) is 0 Å². The lowest BCUT2D eigenvalue weighted by Crippen LogP contribution is -2.50. The highest BCUT2D eigenvalue weighted by molar-refractivity contribution is 6.03. The molecule has 0 heterocycles. The highest BCUT2D eigenvalue weighted by atomic mass is 16.6. The molecule has 5 aromatic carbocycles. The quantitative estimate of drug-likeness (QED) is 0.0809. The van der Waals surface area contributed by atoms with Crippen molar-refractivity contribution in [3.63, 3.8) is 0 Å². The van der Waals surface area contributed by atoms with Crippen molar-refractivity contribution in [2.45, 2.75) is 59.0 Å². The maximum Gasteiger partial charge on any atom is 0.303 e. The molecular weight excluding hydrogens is 700 g/mol. The van der Waals surface area contributed by atoms with E-state index in [0.29, 0.717) is 11.1 Å². The molecule has 0 unspecified atom stereocenters. The zero-order chi connectivity index (χ0) is 39.5. The Labute approximate surface area is 320 Å². The van der Waals surface area contributed by atoms with E-state index < -0.39 is 60.9 Å². The van der Waals surface area contributed by atoms with Crippen molar-refractivity contribution in [1.82, 2.24) is 0 Å². The summed E-state index contributed by atoms with van der Waals surface area (Å²) in [4.78, 5) is 63.6. The van der Waals surface area contributed by atoms with Crippen LogP contribution in [0.2, 0.25) is 0 Å². The number of hydrogen-bond donors (Lipinski definition) is 0. The van der Waals surface area contributed by atoms with Gasteiger partial charge in [-0.05, 0) is 50.6 Å². The predicted molar refractivity (Wildman–Crippen MR) is 206 cm³/mol. The van der Waals surface area contributed by atoms with E-state index >= 15 is 0 Å². The first-order valence-electron chi connectivity index (χ1n) is 17.7. The summed E-state index contributed by atoms with van der Waals surface area (Å²) in [6, 6.07) is 40.6. The molecule has 0 radical (unpaired) electrons. The fourth-order valence-electron chi connectivity index (χ4n) is 6.62. The van der Waals surface area contributed by atoms with Gasteiger partial charge in [-0.1, -0.05) is 121 Å². The normalized spacial score (nSPS) is 13.0. The van der Waals surface area contributed by atoms with Gasteiger partial charge in [0.25, 0.3) is 0 Å². The maximum absolute atomic E-state index is 13.2. The van der Waals surface area contributed by atoms with Crippen molar-refractivity contribution < 1.29 is 47.7 Å². The van der Waals surface area contributed by atoms with Gasteiger partial charge in [-0.3, -0.25) is 24.0 Å². The van der Waals surface area contributed by atoms with Crippen molar-refractivity contribution in [2.75, 3.05) is 6.61 Å². The Morgan fingerprint density at radius 3 is 1.27 bits per heavy atom. The van der Waals surface area contributed by atoms with Crippen LogP contribution >= 0.6 is 0 Å². The number of esters is 5. The third kappa shape index (κ3) is 10.1. The Hall–Kier alpha value is -6.55. The summed E-state index contributed by atoms with van der Waals surface area (Å²) >= 11 is 0. The molecule has 10 nitrogen and oxygen atoms in total. The molecule has 0 saturated carbocycles. The molecule has 0 spiro atoms. The molecule has 0 bridgehead atoms. The lowest BCUT2D eigenvalue weighted by molar-refractivity contribution is -0.203. The van der Waals surface area contributed by atoms with Crippen LogP contribution in [0, 0.1) is 0 Å². The van der Waals surface area contributed by atoms with Crippen LogP contribution in [0.3, 0.4) is 0 Å². The Morgan fingerprint density at radius 2 is 0.836 bits per heavy atom. The summed E-state index contributed by atoms with van der Waals surface area (Å²) in [5.74, 6) is -3.90. The highest BCUT2D eigenvalue weighted by Gasteiger charge is 2.46. The summed E-state index contributed by atoms with van der Waals surface area (Å²) < 4.78 is 28.7. The molecule has 0 N–H and O–H groups in total. The van der Waals surface area contributed by atoms with E-state index in [1.165, 1.54) is 6.92 Å². The smallest absolute Gasteiger partial charge is 0.303 e. The zero-order valence-electron chi connectivity index (χ0n) is 31.2. The van der Waals surface area contributed by atoms with E-state index in [9.17, 15) is 24.0 Å². The average Bonchev–Trinajstić information content (AvgIpc) is 3.17. The fourth-order valence-corrected chi connectivity index (χ4v) is 6.62. The first-order valence-corrected chi connectivity index (χ1v) is 17.7. The summed E-state index contributed by atoms with van der Waals surface area (Å²) in [6.07, 6.45) is -6.25. The van der Waals surface area contributed by atoms with Crippen LogP contribution < -0.4 is 0 Å². The second-order valence-electron chi connectivity index (χ2n) is 12.7. The molecule has 0 fully saturated rings. The van der Waals surface area contributed by atoms with Crippen LogP contribution in [0.4, 0.5) is 0 Å². The topological polar surface area (TPSA) is 132 Å². The van der Waals surface area contributed by atoms with Crippen molar-refractivity contribution in [2.24, 2.45) is 0 Å². The lowest BCUT2D eigenvalue weighted by Gasteiger charge is -2.37. The molecule has 282 valence electrons. The number of benzene rings is 5. The van der Waals surface area contributed by atoms with Gasteiger partial charge in [0.1, 0.15) is 6.61 Å². The number of carbonyl (C=O) groups is 5. The van der Waals surface area contributed by atoms with E-state index in [1.807, 2.05) is 127 Å². The largest absolute Gasteiger partial charge is 0.462 e. The van der Waals surface area contributed by atoms with Crippen LogP contribution in [0.25, 0.3) is 44.5 Å². The Bertz CT molecular complexity index is 2120. The predicted octanol–water partition coefficient (Wildman–Crippen LogP) is 8.32. The third-order valence-electron chi connectivity index (χ3n) is 8.59. The summed E-state index contributed by atoms with van der Waals surface area (Å²) in [5, 5.41) is 0. The molecule has 0 aliphatic heterocycles. The standard InChI is InChI=1S/C45H42O10/c1-28(46)51-27-39(52-29(2)47)44(54-31(4)49)45(55-32(5)50)43(53-30(3)48)38-26-37(33-18-10-6-11-19-33)40(34-20-12-7-13-21-34)42(36-24-16-9-17-25-36)41(38)35-22-14-8-15-23-35/h6-26,39,43-45H,27H2,1-5H3/t39-,43-,44-,45-/m1/s1. The first-order chi connectivity index (χ1) is 26.4. The van der Waals surface area contributed by atoms with Gasteiger partial charge in [0.15, 0.2) is 24.4 Å². The van der Waals surface area contributed by atoms with Crippen molar-refractivity contribution >= 4 is 29.8 Å². The molecule has 55 heavy (non-hydrogen) atoms. The average molecular weight is 743 g/mol. The Morgan fingerprint density at radius 1 is 0.436 bits per heavy atom. The molecule has 5 aromatic rings. The Balaban J connectivity index is 1.98. The fraction of sp³-hybridized carbons (Fsp3) is 0.222. The zero-order valence-corrected chi connectivity index (χ0v) is 31.2. The van der Waals surface area contributed by atoms with Crippen molar-refractivity contribution in [1.29, 1.82) is 0 Å². The highest BCUT2D eigenvalue weighted by Crippen LogP contribution is 2.50. The van der Waals surface area contributed by atoms with Crippen LogP contribution in [0.5, 0.6) is 0 Å². The van der Waals surface area contributed by atoms with Crippen molar-refractivity contribution in [3.8, 4) is 44.5 Å². The molecule has 0 saturated heterocycles. The van der Waals surface area contributed by atoms with Gasteiger partial charge >= 0.3 is 29.8 Å². The van der Waals surface area contributed by atoms with Gasteiger partial charge in [-0.15, -0.1) is 0 Å². The van der Waals surface area contributed by atoms with E-state index in [2.05, 4.69) is 0 Å². The minimum atomic E-state index is -1.64. The summed E-state index contributed by atoms with van der Waals surface area (Å²) in [7, 11) is 0. The number of hydrogen-bond acceptors (Lipinski definition) is 10. The SMILES string of the molecule is CC(=O)OC[C@@H](OC(C)=O)[C@@H](OC(C)=O)[C@H](OC(C)=O)[C@H](OC(C)=O)c1cc(-c2ccccc2)c(-c2ccccc2)c(-c2ccccc2)c1-c1ccccc1. The van der Waals surface area contributed by atoms with Crippen LogP contribution in [-0.4, -0.2) is 54.8 Å². The van der Waals surface area contributed by atoms with Gasteiger partial charge in [0, 0.05) is 40.2 Å². The van der Waals surface area contributed by atoms with Crippen LogP contribution in [-0.2, 0) is 47.7 Å². The van der Waals surface area contributed by atoms with Gasteiger partial charge in [-0.25, -0.2) is 0 Å². The number of rotatable bonds is 14. The minimum absolute atomic E-state index is 0.385. The molecular formula is C45H42O10. The van der Waals surface area contributed by atoms with Gasteiger partial charge < -0.3 is 23.7 Å². The van der Waals surface area contributed by atoms with E-state index in [1.54, 1.807) is 0 Å². The first kappa shape index (κ1) is 39.7. The second-order valence-corrected chi connectivity index (χ2v) is 12.7. The minimum Gasteiger partial charge on any atom is -0.462 e. The maximum atomic E-state index is 13.2. The number of ether oxygens (including phenoxy) is 5. The Kier molecular flexibility index (Phi) is 13.3. The summed E-state index contributed by atoms with van der Waals surface area (Å²) in [5.41, 5.74) is 6.69. The third-order valence-corrected chi connectivity index (χ3v) is 8.59. The monoisotopic (exact) mass is 742 g/mol. The second kappa shape index (κ2) is 18.5. The lowest BCUT2D eigenvalue weighted by atomic mass is 9.78. The van der Waals surface area contributed by atoms with E-state index in [4.69, 9.17) is 23.7 Å². The van der Waals surface area contributed by atoms with Gasteiger partial charge in [-0.2, -0.15) is 0 Å². The van der Waals surface area contributed by atoms with Crippen molar-refractivity contribution in [3.05, 3.63) is 133 Å². The van der Waals surface area contributed by atoms with E-state index in [0.717, 1.165) is 66.6 Å². The van der Waals surface area contributed by atoms with Gasteiger partial charge in [0.05, 0.1) is 0 Å². The number of carbonyl (C=O) groups excluding carboxylic acids is 5. The molecule has 0 amide bonds. The molecule has 10 heteroatoms. The molecule has 5 rings (SSSR count). The molecule has 0 aromatic heterocycles. The van der Waals surface area contributed by atoms with Crippen LogP contribution in [0.15, 0.2) is 127 Å². The molecule has 0 aliphatic carbocycles.